The van der Waals surface area contributed by atoms with Gasteiger partial charge in [0.2, 0.25) is 11.8 Å². The number of carbonyl (C=O) groups excluding carboxylic acids is 3. The Labute approximate surface area is 283 Å². The molecular weight excluding hydrogens is 602 g/mol. The number of aliphatic hydroxyl groups excluding tert-OH is 1. The Morgan fingerprint density at radius 1 is 0.979 bits per heavy atom. The maximum atomic E-state index is 15.1. The fraction of sp³-hybridized carbons (Fsp3) is 0.375. The van der Waals surface area contributed by atoms with Gasteiger partial charge in [0.05, 0.1) is 30.6 Å². The molecule has 1 spiro atoms. The van der Waals surface area contributed by atoms with E-state index in [9.17, 15) is 14.7 Å². The van der Waals surface area contributed by atoms with E-state index < -0.39 is 35.6 Å². The van der Waals surface area contributed by atoms with Crippen molar-refractivity contribution in [2.75, 3.05) is 24.6 Å². The first kappa shape index (κ1) is 33.4. The van der Waals surface area contributed by atoms with Crippen LogP contribution in [0.4, 0.5) is 5.69 Å². The van der Waals surface area contributed by atoms with E-state index in [1.54, 1.807) is 26.9 Å². The van der Waals surface area contributed by atoms with Gasteiger partial charge in [0.1, 0.15) is 11.6 Å². The molecule has 6 rings (SSSR count). The molecule has 0 aromatic heterocycles. The smallest absolute Gasteiger partial charge is 0.253 e. The van der Waals surface area contributed by atoms with Crippen LogP contribution in [-0.2, 0) is 32.1 Å². The number of likely N-dealkylation sites (tertiary alicyclic amines) is 1. The second-order valence-electron chi connectivity index (χ2n) is 13.3. The number of ether oxygens (including phenoxy) is 1. The van der Waals surface area contributed by atoms with Crippen molar-refractivity contribution in [1.29, 1.82) is 0 Å². The minimum absolute atomic E-state index is 0.183. The molecule has 6 atom stereocenters. The third kappa shape index (κ3) is 5.88. The van der Waals surface area contributed by atoms with Gasteiger partial charge in [0.25, 0.3) is 5.91 Å². The molecule has 8 heteroatoms. The van der Waals surface area contributed by atoms with Crippen LogP contribution in [0.1, 0.15) is 35.1 Å². The predicted molar refractivity (Wildman–Crippen MR) is 186 cm³/mol. The molecule has 1 N–H and O–H groups in total. The molecule has 2 bridgehead atoms. The van der Waals surface area contributed by atoms with Crippen LogP contribution < -0.4 is 4.90 Å². The van der Waals surface area contributed by atoms with Gasteiger partial charge in [-0.25, -0.2) is 0 Å². The summed E-state index contributed by atoms with van der Waals surface area (Å²) in [5.74, 6) is -2.43. The quantitative estimate of drug-likeness (QED) is 0.264. The van der Waals surface area contributed by atoms with Gasteiger partial charge in [-0.1, -0.05) is 84.9 Å². The Bertz CT molecular complexity index is 1680. The highest BCUT2D eigenvalue weighted by Gasteiger charge is 2.75. The molecule has 3 aromatic carbocycles. The zero-order valence-electron chi connectivity index (χ0n) is 27.8. The third-order valence-electron chi connectivity index (χ3n) is 10.3. The van der Waals surface area contributed by atoms with E-state index in [1.807, 2.05) is 92.7 Å². The fourth-order valence-corrected chi connectivity index (χ4v) is 8.18. The number of fused-ring (bicyclic) bond motifs is 1. The summed E-state index contributed by atoms with van der Waals surface area (Å²) in [6.45, 7) is 12.3. The molecule has 0 saturated carbocycles. The Hall–Kier alpha value is -4.53. The summed E-state index contributed by atoms with van der Waals surface area (Å²) < 4.78 is 6.80. The summed E-state index contributed by atoms with van der Waals surface area (Å²) in [6.07, 6.45) is 4.24. The molecule has 3 saturated heterocycles. The van der Waals surface area contributed by atoms with Gasteiger partial charge < -0.3 is 24.5 Å². The number of hydrogen-bond donors (Lipinski definition) is 1. The highest BCUT2D eigenvalue weighted by molar-refractivity contribution is 6.05. The van der Waals surface area contributed by atoms with Crippen molar-refractivity contribution < 1.29 is 24.2 Å². The van der Waals surface area contributed by atoms with Crippen molar-refractivity contribution in [1.82, 2.24) is 9.80 Å². The summed E-state index contributed by atoms with van der Waals surface area (Å²) in [5, 5.41) is 10.9. The maximum Gasteiger partial charge on any atom is 0.253 e. The van der Waals surface area contributed by atoms with E-state index in [1.165, 1.54) is 0 Å². The van der Waals surface area contributed by atoms with Crippen molar-refractivity contribution in [3.05, 3.63) is 126 Å². The number of benzene rings is 3. The molecule has 48 heavy (non-hydrogen) atoms. The van der Waals surface area contributed by atoms with Crippen molar-refractivity contribution in [2.45, 2.75) is 63.4 Å². The van der Waals surface area contributed by atoms with Gasteiger partial charge in [0, 0.05) is 25.3 Å². The van der Waals surface area contributed by atoms with Crippen molar-refractivity contribution in [2.24, 2.45) is 11.8 Å². The van der Waals surface area contributed by atoms with E-state index in [0.717, 1.165) is 27.9 Å². The van der Waals surface area contributed by atoms with Crippen molar-refractivity contribution in [3.63, 3.8) is 0 Å². The molecule has 3 aromatic rings. The highest BCUT2D eigenvalue weighted by atomic mass is 16.5. The van der Waals surface area contributed by atoms with Crippen LogP contribution in [0.2, 0.25) is 0 Å². The monoisotopic (exact) mass is 647 g/mol. The molecule has 3 aliphatic rings. The van der Waals surface area contributed by atoms with Crippen LogP contribution in [0.25, 0.3) is 0 Å². The largest absolute Gasteiger partial charge is 0.394 e. The van der Waals surface area contributed by atoms with Gasteiger partial charge in [-0.3, -0.25) is 14.4 Å². The lowest BCUT2D eigenvalue weighted by Gasteiger charge is -2.39. The second kappa shape index (κ2) is 13.9. The van der Waals surface area contributed by atoms with Crippen LogP contribution in [0.3, 0.4) is 0 Å². The SMILES string of the molecule is C=CCN(Cc1ccccc1)C(=O)[C@@H]1[C@H]2C(=O)N([C@@H](CO)Cc3ccccc3)C(C(=O)N(CC=C)c3cc(C)ccc3C)C23CC[C@H]1O3. The second-order valence-corrected chi connectivity index (χ2v) is 13.3. The van der Waals surface area contributed by atoms with Crippen LogP contribution in [-0.4, -0.2) is 76.1 Å². The first-order chi connectivity index (χ1) is 23.2. The van der Waals surface area contributed by atoms with E-state index >= 15 is 4.79 Å². The number of carbonyl (C=O) groups is 3. The number of nitrogens with zero attached hydrogens (tertiary/aromatic N) is 3. The zero-order chi connectivity index (χ0) is 34.0. The standard InChI is InChI=1S/C40H45N3O5/c1-5-21-41(25-30-15-11-8-12-16-30)37(45)34-33-19-20-40(48-33)35(34)38(46)43(31(26-44)24-29-13-9-7-10-14-29)36(40)39(47)42(22-6-2)32-23-27(3)17-18-28(32)4/h5-18,23,31,33-36,44H,1-2,19-22,24-26H2,3-4H3/t31-,33-,34+,35+,36?,40?/m1/s1. The minimum atomic E-state index is -1.22. The first-order valence-electron chi connectivity index (χ1n) is 16.8. The molecule has 3 fully saturated rings. The summed E-state index contributed by atoms with van der Waals surface area (Å²) in [5.41, 5.74) is 3.32. The van der Waals surface area contributed by atoms with Gasteiger partial charge >= 0.3 is 0 Å². The van der Waals surface area contributed by atoms with E-state index in [4.69, 9.17) is 4.74 Å². The molecule has 2 unspecified atom stereocenters. The number of aryl methyl sites for hydroxylation is 2. The van der Waals surface area contributed by atoms with Crippen LogP contribution >= 0.6 is 0 Å². The number of anilines is 1. The molecule has 3 heterocycles. The topological polar surface area (TPSA) is 90.4 Å². The van der Waals surface area contributed by atoms with Crippen LogP contribution in [0.5, 0.6) is 0 Å². The van der Waals surface area contributed by atoms with Crippen molar-refractivity contribution in [3.8, 4) is 0 Å². The van der Waals surface area contributed by atoms with E-state index in [0.29, 0.717) is 32.4 Å². The van der Waals surface area contributed by atoms with Crippen LogP contribution in [0.15, 0.2) is 104 Å². The molecular formula is C40H45N3O5. The number of hydrogen-bond acceptors (Lipinski definition) is 5. The van der Waals surface area contributed by atoms with Crippen LogP contribution in [0, 0.1) is 25.7 Å². The molecule has 0 aliphatic carbocycles. The Morgan fingerprint density at radius 3 is 2.29 bits per heavy atom. The van der Waals surface area contributed by atoms with Gasteiger partial charge in [0.15, 0.2) is 0 Å². The van der Waals surface area contributed by atoms with Gasteiger partial charge in [-0.2, -0.15) is 0 Å². The summed E-state index contributed by atoms with van der Waals surface area (Å²) in [6, 6.07) is 23.6. The number of rotatable bonds is 13. The first-order valence-corrected chi connectivity index (χ1v) is 16.8. The molecule has 3 aliphatic heterocycles. The molecule has 0 radical (unpaired) electrons. The zero-order valence-corrected chi connectivity index (χ0v) is 27.8. The lowest BCUT2D eigenvalue weighted by atomic mass is 9.70. The summed E-state index contributed by atoms with van der Waals surface area (Å²) in [4.78, 5) is 49.6. The third-order valence-corrected chi connectivity index (χ3v) is 10.3. The molecule has 8 nitrogen and oxygen atoms in total. The average Bonchev–Trinajstić information content (AvgIpc) is 3.75. The highest BCUT2D eigenvalue weighted by Crippen LogP contribution is 2.59. The predicted octanol–water partition coefficient (Wildman–Crippen LogP) is 5.02. The molecule has 250 valence electrons. The normalized spacial score (nSPS) is 24.6. The van der Waals surface area contributed by atoms with E-state index in [2.05, 4.69) is 13.2 Å². The maximum absolute atomic E-state index is 15.1. The summed E-state index contributed by atoms with van der Waals surface area (Å²) in [7, 11) is 0. The van der Waals surface area contributed by atoms with Crippen molar-refractivity contribution >= 4 is 23.4 Å². The fourth-order valence-electron chi connectivity index (χ4n) is 8.18. The van der Waals surface area contributed by atoms with Gasteiger partial charge in [-0.05, 0) is 61.4 Å². The average molecular weight is 648 g/mol. The van der Waals surface area contributed by atoms with E-state index in [-0.39, 0.29) is 30.9 Å². The molecule has 3 amide bonds. The summed E-state index contributed by atoms with van der Waals surface area (Å²) >= 11 is 0. The Kier molecular flexibility index (Phi) is 9.67. The number of aliphatic hydroxyl groups is 1. The Balaban J connectivity index is 1.44. The lowest BCUT2D eigenvalue weighted by molar-refractivity contribution is -0.147. The van der Waals surface area contributed by atoms with Gasteiger partial charge in [-0.15, -0.1) is 13.2 Å². The lowest BCUT2D eigenvalue weighted by Crippen LogP contribution is -2.59. The Morgan fingerprint density at radius 2 is 1.65 bits per heavy atom. The number of amides is 3. The minimum Gasteiger partial charge on any atom is -0.394 e.